The maximum absolute atomic E-state index is 13.8. The van der Waals surface area contributed by atoms with Crippen molar-refractivity contribution in [2.75, 3.05) is 23.3 Å². The van der Waals surface area contributed by atoms with Crippen LogP contribution in [0.1, 0.15) is 16.8 Å². The van der Waals surface area contributed by atoms with E-state index in [2.05, 4.69) is 5.32 Å². The molecule has 0 atom stereocenters. The van der Waals surface area contributed by atoms with E-state index in [4.69, 9.17) is 4.74 Å². The van der Waals surface area contributed by atoms with E-state index < -0.39 is 28.0 Å². The third-order valence-corrected chi connectivity index (χ3v) is 8.09. The third-order valence-electron chi connectivity index (χ3n) is 6.32. The number of hydrogen-bond donors (Lipinski definition) is 1. The van der Waals surface area contributed by atoms with Crippen LogP contribution in [0, 0.1) is 20.8 Å². The lowest BCUT2D eigenvalue weighted by atomic mass is 10.2. The van der Waals surface area contributed by atoms with Gasteiger partial charge in [-0.3, -0.25) is 18.6 Å². The first-order chi connectivity index (χ1) is 18.0. The summed E-state index contributed by atoms with van der Waals surface area (Å²) < 4.78 is 37.1. The summed E-state index contributed by atoms with van der Waals surface area (Å²) in [4.78, 5) is 26.7. The van der Waals surface area contributed by atoms with E-state index in [1.807, 2.05) is 32.0 Å². The largest absolute Gasteiger partial charge is 0.495 e. The fourth-order valence-corrected chi connectivity index (χ4v) is 5.58. The Balaban J connectivity index is 1.75. The van der Waals surface area contributed by atoms with Gasteiger partial charge in [-0.15, -0.1) is 0 Å². The number of carbonyl (C=O) groups is 1. The number of ether oxygens (including phenoxy) is 1. The molecule has 1 N–H and O–H groups in total. The smallest absolute Gasteiger partial charge is 0.295 e. The maximum atomic E-state index is 13.8. The highest BCUT2D eigenvalue weighted by molar-refractivity contribution is 7.92. The highest BCUT2D eigenvalue weighted by Gasteiger charge is 2.30. The maximum Gasteiger partial charge on any atom is 0.295 e. The van der Waals surface area contributed by atoms with Gasteiger partial charge in [-0.1, -0.05) is 42.0 Å². The molecule has 0 aliphatic rings. The Morgan fingerprint density at radius 3 is 2.21 bits per heavy atom. The monoisotopic (exact) mass is 534 g/mol. The van der Waals surface area contributed by atoms with Gasteiger partial charge in [0.05, 0.1) is 29.1 Å². The van der Waals surface area contributed by atoms with Crippen LogP contribution >= 0.6 is 0 Å². The van der Waals surface area contributed by atoms with E-state index in [-0.39, 0.29) is 16.3 Å². The molecule has 0 aliphatic heterocycles. The molecule has 4 rings (SSSR count). The SMILES string of the molecule is COc1ccc(C)cc1N(CC(=O)Nc1c(C)n(C)n(-c2ccccc2)c1=O)S(=O)(=O)c1ccc(C)cc1. The number of para-hydroxylation sites is 1. The second-order valence-corrected chi connectivity index (χ2v) is 10.8. The molecule has 1 heterocycles. The number of carbonyl (C=O) groups excluding carboxylic acids is 1. The second kappa shape index (κ2) is 10.6. The van der Waals surface area contributed by atoms with E-state index in [0.717, 1.165) is 15.4 Å². The average molecular weight is 535 g/mol. The van der Waals surface area contributed by atoms with Crippen LogP contribution in [0.3, 0.4) is 0 Å². The zero-order valence-electron chi connectivity index (χ0n) is 21.9. The van der Waals surface area contributed by atoms with Crippen molar-refractivity contribution in [3.05, 3.63) is 100.0 Å². The number of sulfonamides is 1. The van der Waals surface area contributed by atoms with Crippen LogP contribution < -0.4 is 19.9 Å². The highest BCUT2D eigenvalue weighted by atomic mass is 32.2. The number of methoxy groups -OCH3 is 1. The van der Waals surface area contributed by atoms with E-state index >= 15 is 0 Å². The van der Waals surface area contributed by atoms with Gasteiger partial charge in [0, 0.05) is 7.05 Å². The van der Waals surface area contributed by atoms with Crippen molar-refractivity contribution < 1.29 is 17.9 Å². The van der Waals surface area contributed by atoms with Crippen molar-refractivity contribution in [2.24, 2.45) is 7.05 Å². The van der Waals surface area contributed by atoms with Crippen molar-refractivity contribution in [1.82, 2.24) is 9.36 Å². The Labute approximate surface area is 221 Å². The summed E-state index contributed by atoms with van der Waals surface area (Å²) in [6.45, 7) is 4.81. The lowest BCUT2D eigenvalue weighted by Gasteiger charge is -2.26. The lowest BCUT2D eigenvalue weighted by molar-refractivity contribution is -0.114. The number of benzene rings is 3. The fourth-order valence-electron chi connectivity index (χ4n) is 4.15. The van der Waals surface area contributed by atoms with Gasteiger partial charge in [0.25, 0.3) is 15.6 Å². The van der Waals surface area contributed by atoms with Gasteiger partial charge in [-0.25, -0.2) is 13.1 Å². The summed E-state index contributed by atoms with van der Waals surface area (Å²) >= 11 is 0. The van der Waals surface area contributed by atoms with Crippen molar-refractivity contribution >= 4 is 27.3 Å². The third kappa shape index (κ3) is 5.08. The lowest BCUT2D eigenvalue weighted by Crippen LogP contribution is -2.39. The van der Waals surface area contributed by atoms with Crippen LogP contribution in [0.4, 0.5) is 11.4 Å². The summed E-state index contributed by atoms with van der Waals surface area (Å²) in [7, 11) is -1.02. The molecule has 0 fully saturated rings. The van der Waals surface area contributed by atoms with Crippen LogP contribution in [0.2, 0.25) is 0 Å². The molecular weight excluding hydrogens is 504 g/mol. The van der Waals surface area contributed by atoms with Crippen molar-refractivity contribution in [2.45, 2.75) is 25.7 Å². The molecule has 38 heavy (non-hydrogen) atoms. The molecule has 0 bridgehead atoms. The summed E-state index contributed by atoms with van der Waals surface area (Å²) in [5.41, 5.74) is 2.71. The average Bonchev–Trinajstić information content (AvgIpc) is 3.10. The van der Waals surface area contributed by atoms with Gasteiger partial charge in [-0.2, -0.15) is 0 Å². The van der Waals surface area contributed by atoms with Crippen LogP contribution in [0.5, 0.6) is 5.75 Å². The normalized spacial score (nSPS) is 11.3. The minimum absolute atomic E-state index is 0.0294. The molecule has 1 aromatic heterocycles. The molecular formula is C28H30N4O5S. The molecule has 9 nitrogen and oxygen atoms in total. The predicted molar refractivity (Wildman–Crippen MR) is 148 cm³/mol. The van der Waals surface area contributed by atoms with Gasteiger partial charge in [-0.05, 0) is 62.7 Å². The van der Waals surface area contributed by atoms with Crippen LogP contribution in [-0.4, -0.2) is 37.3 Å². The molecule has 4 aromatic rings. The van der Waals surface area contributed by atoms with Crippen molar-refractivity contribution in [3.63, 3.8) is 0 Å². The molecule has 0 saturated heterocycles. The topological polar surface area (TPSA) is 103 Å². The zero-order valence-corrected chi connectivity index (χ0v) is 22.7. The zero-order chi connectivity index (χ0) is 27.6. The number of aryl methyl sites for hydroxylation is 2. The number of nitrogens with zero attached hydrogens (tertiary/aromatic N) is 3. The first kappa shape index (κ1) is 26.7. The van der Waals surface area contributed by atoms with Crippen LogP contribution in [-0.2, 0) is 21.9 Å². The number of nitrogens with one attached hydrogen (secondary N) is 1. The molecule has 3 aromatic carbocycles. The van der Waals surface area contributed by atoms with E-state index in [0.29, 0.717) is 17.1 Å². The number of aromatic nitrogens is 2. The van der Waals surface area contributed by atoms with Crippen LogP contribution in [0.15, 0.2) is 82.5 Å². The van der Waals surface area contributed by atoms with E-state index in [1.54, 1.807) is 61.1 Å². The van der Waals surface area contributed by atoms with Gasteiger partial charge in [0.2, 0.25) is 5.91 Å². The molecule has 10 heteroatoms. The minimum atomic E-state index is -4.17. The van der Waals surface area contributed by atoms with Gasteiger partial charge >= 0.3 is 0 Å². The van der Waals surface area contributed by atoms with Gasteiger partial charge < -0.3 is 10.1 Å². The van der Waals surface area contributed by atoms with Crippen LogP contribution in [0.25, 0.3) is 5.69 Å². The Morgan fingerprint density at radius 1 is 0.947 bits per heavy atom. The van der Waals surface area contributed by atoms with E-state index in [1.165, 1.54) is 23.9 Å². The Bertz CT molecular complexity index is 1640. The molecule has 198 valence electrons. The molecule has 0 saturated carbocycles. The first-order valence-electron chi connectivity index (χ1n) is 11.9. The number of amides is 1. The molecule has 0 radical (unpaired) electrons. The summed E-state index contributed by atoms with van der Waals surface area (Å²) in [5.74, 6) is -0.378. The molecule has 0 aliphatic carbocycles. The quantitative estimate of drug-likeness (QED) is 0.369. The first-order valence-corrected chi connectivity index (χ1v) is 13.4. The Morgan fingerprint density at radius 2 is 1.58 bits per heavy atom. The molecule has 0 unspecified atom stereocenters. The fraction of sp³-hybridized carbons (Fsp3) is 0.214. The summed E-state index contributed by atoms with van der Waals surface area (Å²) in [6, 6.07) is 20.5. The van der Waals surface area contributed by atoms with Gasteiger partial charge in [0.1, 0.15) is 18.0 Å². The molecule has 1 amide bonds. The summed E-state index contributed by atoms with van der Waals surface area (Å²) in [5, 5.41) is 2.65. The Hall–Kier alpha value is -4.31. The minimum Gasteiger partial charge on any atom is -0.495 e. The second-order valence-electron chi connectivity index (χ2n) is 8.98. The van der Waals surface area contributed by atoms with E-state index in [9.17, 15) is 18.0 Å². The summed E-state index contributed by atoms with van der Waals surface area (Å²) in [6.07, 6.45) is 0. The van der Waals surface area contributed by atoms with Crippen molar-refractivity contribution in [3.8, 4) is 11.4 Å². The number of anilines is 2. The Kier molecular flexibility index (Phi) is 7.45. The number of rotatable bonds is 8. The number of hydrogen-bond acceptors (Lipinski definition) is 5. The predicted octanol–water partition coefficient (Wildman–Crippen LogP) is 3.94. The molecule has 0 spiro atoms. The van der Waals surface area contributed by atoms with Crippen molar-refractivity contribution in [1.29, 1.82) is 0 Å². The highest BCUT2D eigenvalue weighted by Crippen LogP contribution is 2.33. The standard InChI is InChI=1S/C28H30N4O5S/c1-19-11-14-23(15-12-19)38(35,36)31(24-17-20(2)13-16-25(24)37-5)18-26(33)29-27-21(3)30(4)32(28(27)34)22-9-7-6-8-10-22/h6-17H,18H2,1-5H3,(H,29,33). The van der Waals surface area contributed by atoms with Gasteiger partial charge in [0.15, 0.2) is 0 Å².